The summed E-state index contributed by atoms with van der Waals surface area (Å²) in [6, 6.07) is 7.59. The van der Waals surface area contributed by atoms with Crippen LogP contribution in [0.5, 0.6) is 0 Å². The number of hydrogen-bond donors (Lipinski definition) is 2. The van der Waals surface area contributed by atoms with Crippen LogP contribution in [0.1, 0.15) is 26.6 Å². The minimum absolute atomic E-state index is 0.00772. The number of halogens is 1. The van der Waals surface area contributed by atoms with Crippen LogP contribution in [0.15, 0.2) is 30.5 Å². The zero-order valence-corrected chi connectivity index (χ0v) is 20.4. The van der Waals surface area contributed by atoms with Crippen LogP contribution >= 0.6 is 22.9 Å². The fourth-order valence-electron chi connectivity index (χ4n) is 3.87. The molecule has 10 heteroatoms. The van der Waals surface area contributed by atoms with E-state index in [2.05, 4.69) is 30.1 Å². The molecule has 3 aromatic rings. The Kier molecular flexibility index (Phi) is 7.54. The first-order chi connectivity index (χ1) is 15.9. The van der Waals surface area contributed by atoms with Crippen molar-refractivity contribution in [3.05, 3.63) is 57.3 Å². The average molecular weight is 486 g/mol. The molecule has 3 N–H and O–H groups in total. The van der Waals surface area contributed by atoms with Crippen LogP contribution in [0.2, 0.25) is 5.02 Å². The molecule has 1 aliphatic rings. The Bertz CT molecular complexity index is 1110. The van der Waals surface area contributed by atoms with Gasteiger partial charge in [0.15, 0.2) is 10.9 Å². The lowest BCUT2D eigenvalue weighted by molar-refractivity contribution is 0.0996. The molecule has 0 bridgehead atoms. The maximum atomic E-state index is 12.8. The van der Waals surface area contributed by atoms with Gasteiger partial charge in [-0.1, -0.05) is 35.1 Å². The first-order valence-electron chi connectivity index (χ1n) is 11.0. The Balaban J connectivity index is 1.43. The van der Waals surface area contributed by atoms with Crippen LogP contribution < -0.4 is 16.0 Å². The summed E-state index contributed by atoms with van der Waals surface area (Å²) in [7, 11) is 0. The Labute approximate surface area is 202 Å². The molecule has 0 radical (unpaired) electrons. The third-order valence-electron chi connectivity index (χ3n) is 5.67. The van der Waals surface area contributed by atoms with Gasteiger partial charge in [0.2, 0.25) is 0 Å². The van der Waals surface area contributed by atoms with Gasteiger partial charge in [0.25, 0.3) is 0 Å². The monoisotopic (exact) mass is 485 g/mol. The molecule has 174 valence electrons. The van der Waals surface area contributed by atoms with Gasteiger partial charge in [-0.2, -0.15) is 0 Å². The lowest BCUT2D eigenvalue weighted by Crippen LogP contribution is -2.48. The van der Waals surface area contributed by atoms with Crippen LogP contribution in [0.25, 0.3) is 0 Å². The third kappa shape index (κ3) is 5.86. The van der Waals surface area contributed by atoms with E-state index in [1.54, 1.807) is 6.20 Å². The number of rotatable bonds is 8. The Morgan fingerprint density at radius 1 is 1.21 bits per heavy atom. The van der Waals surface area contributed by atoms with Gasteiger partial charge < -0.3 is 16.0 Å². The summed E-state index contributed by atoms with van der Waals surface area (Å²) in [5.74, 6) is 2.23. The van der Waals surface area contributed by atoms with Crippen molar-refractivity contribution in [1.29, 1.82) is 0 Å². The number of ketones is 1. The SMILES string of the molecule is Cc1nc(Nc2ncc(C(=O)Cc3c(C)cccc3Cl)s2)cc(N2CCN(CCN)CC2)n1. The zero-order chi connectivity index (χ0) is 23.4. The van der Waals surface area contributed by atoms with Gasteiger partial charge in [0.05, 0.1) is 11.1 Å². The molecule has 0 saturated carbocycles. The van der Waals surface area contributed by atoms with Gasteiger partial charge in [0.1, 0.15) is 17.5 Å². The van der Waals surface area contributed by atoms with E-state index in [1.807, 2.05) is 38.1 Å². The van der Waals surface area contributed by atoms with E-state index in [0.717, 1.165) is 49.7 Å². The van der Waals surface area contributed by atoms with Crippen molar-refractivity contribution in [2.45, 2.75) is 20.3 Å². The lowest BCUT2D eigenvalue weighted by Gasteiger charge is -2.35. The summed E-state index contributed by atoms with van der Waals surface area (Å²) >= 11 is 7.60. The highest BCUT2D eigenvalue weighted by Gasteiger charge is 2.19. The van der Waals surface area contributed by atoms with Gasteiger partial charge in [-0.15, -0.1) is 0 Å². The maximum absolute atomic E-state index is 12.8. The van der Waals surface area contributed by atoms with Gasteiger partial charge in [-0.25, -0.2) is 15.0 Å². The topological polar surface area (TPSA) is 100 Å². The highest BCUT2D eigenvalue weighted by atomic mass is 35.5. The molecule has 8 nitrogen and oxygen atoms in total. The van der Waals surface area contributed by atoms with Gasteiger partial charge in [-0.05, 0) is 31.0 Å². The number of carbonyl (C=O) groups excluding carboxylic acids is 1. The highest BCUT2D eigenvalue weighted by molar-refractivity contribution is 7.17. The second-order valence-electron chi connectivity index (χ2n) is 8.07. The number of nitrogens with two attached hydrogens (primary N) is 1. The summed E-state index contributed by atoms with van der Waals surface area (Å²) in [4.78, 5) is 31.5. The lowest BCUT2D eigenvalue weighted by atomic mass is 10.0. The maximum Gasteiger partial charge on any atom is 0.188 e. The van der Waals surface area contributed by atoms with E-state index < -0.39 is 0 Å². The number of anilines is 3. The van der Waals surface area contributed by atoms with E-state index in [9.17, 15) is 4.79 Å². The number of Topliss-reactive ketones (excluding diaryl/α,β-unsaturated/α-hetero) is 1. The molecule has 4 rings (SSSR count). The fraction of sp³-hybridized carbons (Fsp3) is 0.391. The van der Waals surface area contributed by atoms with Gasteiger partial charge in [-0.3, -0.25) is 9.69 Å². The van der Waals surface area contributed by atoms with Crippen LogP contribution in [0, 0.1) is 13.8 Å². The standard InChI is InChI=1S/C23H28ClN7OS/c1-15-4-3-5-18(24)17(15)12-19(32)20-14-26-23(33-20)29-21-13-22(28-16(2)27-21)31-10-8-30(7-6-25)9-11-31/h3-5,13-14H,6-12,25H2,1-2H3,(H,26,27,28,29). The summed E-state index contributed by atoms with van der Waals surface area (Å²) in [6.45, 7) is 9.16. The second kappa shape index (κ2) is 10.6. The number of piperazine rings is 1. The van der Waals surface area contributed by atoms with Crippen molar-refractivity contribution < 1.29 is 4.79 Å². The zero-order valence-electron chi connectivity index (χ0n) is 18.8. The third-order valence-corrected chi connectivity index (χ3v) is 6.98. The Hall–Kier alpha value is -2.59. The van der Waals surface area contributed by atoms with E-state index in [-0.39, 0.29) is 12.2 Å². The van der Waals surface area contributed by atoms with Crippen LogP contribution in [0.4, 0.5) is 16.8 Å². The first-order valence-corrected chi connectivity index (χ1v) is 12.2. The van der Waals surface area contributed by atoms with Crippen molar-refractivity contribution in [2.75, 3.05) is 49.5 Å². The molecule has 0 unspecified atom stereocenters. The van der Waals surface area contributed by atoms with Crippen molar-refractivity contribution in [1.82, 2.24) is 19.9 Å². The van der Waals surface area contributed by atoms with Crippen LogP contribution in [0.3, 0.4) is 0 Å². The molecule has 1 aromatic carbocycles. The van der Waals surface area contributed by atoms with Crippen molar-refractivity contribution >= 4 is 45.5 Å². The number of benzene rings is 1. The summed E-state index contributed by atoms with van der Waals surface area (Å²) in [5, 5.41) is 4.47. The Morgan fingerprint density at radius 3 is 2.73 bits per heavy atom. The number of carbonyl (C=O) groups is 1. The van der Waals surface area contributed by atoms with Crippen molar-refractivity contribution in [2.24, 2.45) is 5.73 Å². The molecule has 1 saturated heterocycles. The minimum atomic E-state index is -0.00772. The van der Waals surface area contributed by atoms with E-state index in [1.165, 1.54) is 11.3 Å². The van der Waals surface area contributed by atoms with Gasteiger partial charge >= 0.3 is 0 Å². The van der Waals surface area contributed by atoms with Crippen LogP contribution in [-0.2, 0) is 6.42 Å². The summed E-state index contributed by atoms with van der Waals surface area (Å²) in [6.07, 6.45) is 1.85. The summed E-state index contributed by atoms with van der Waals surface area (Å²) < 4.78 is 0. The van der Waals surface area contributed by atoms with E-state index in [0.29, 0.717) is 33.2 Å². The van der Waals surface area contributed by atoms with Crippen molar-refractivity contribution in [3.8, 4) is 0 Å². The predicted molar refractivity (Wildman–Crippen MR) is 134 cm³/mol. The molecular formula is C23H28ClN7OS. The fourth-order valence-corrected chi connectivity index (χ4v) is 4.92. The number of aromatic nitrogens is 3. The number of nitrogens with one attached hydrogen (secondary N) is 1. The normalized spacial score (nSPS) is 14.5. The van der Waals surface area contributed by atoms with Crippen molar-refractivity contribution in [3.63, 3.8) is 0 Å². The summed E-state index contributed by atoms with van der Waals surface area (Å²) in [5.41, 5.74) is 7.54. The van der Waals surface area contributed by atoms with Gasteiger partial charge in [0, 0.05) is 56.8 Å². The molecule has 33 heavy (non-hydrogen) atoms. The molecular weight excluding hydrogens is 458 g/mol. The Morgan fingerprint density at radius 2 is 2.00 bits per heavy atom. The smallest absolute Gasteiger partial charge is 0.188 e. The molecule has 0 amide bonds. The first kappa shape index (κ1) is 23.6. The largest absolute Gasteiger partial charge is 0.354 e. The highest BCUT2D eigenvalue weighted by Crippen LogP contribution is 2.27. The van der Waals surface area contributed by atoms with E-state index in [4.69, 9.17) is 17.3 Å². The second-order valence-corrected chi connectivity index (χ2v) is 9.50. The molecule has 0 spiro atoms. The molecule has 3 heterocycles. The molecule has 0 atom stereocenters. The quantitative estimate of drug-likeness (QED) is 0.468. The number of aryl methyl sites for hydroxylation is 2. The minimum Gasteiger partial charge on any atom is -0.354 e. The molecule has 2 aromatic heterocycles. The molecule has 1 fully saturated rings. The number of nitrogens with zero attached hydrogens (tertiary/aromatic N) is 5. The average Bonchev–Trinajstić information content (AvgIpc) is 3.25. The number of thiazole rings is 1. The molecule has 0 aliphatic carbocycles. The predicted octanol–water partition coefficient (Wildman–Crippen LogP) is 3.45. The number of hydrogen-bond acceptors (Lipinski definition) is 9. The van der Waals surface area contributed by atoms with Crippen LogP contribution in [-0.4, -0.2) is 64.9 Å². The van der Waals surface area contributed by atoms with E-state index >= 15 is 0 Å². The molecule has 1 aliphatic heterocycles.